The molecule has 0 bridgehead atoms. The van der Waals surface area contributed by atoms with Crippen LogP contribution in [0.4, 0.5) is 0 Å². The van der Waals surface area contributed by atoms with E-state index in [0.717, 1.165) is 47.3 Å². The number of rotatable bonds is 11. The fourth-order valence-electron chi connectivity index (χ4n) is 4.18. The van der Waals surface area contributed by atoms with E-state index in [1.807, 2.05) is 0 Å². The van der Waals surface area contributed by atoms with Gasteiger partial charge < -0.3 is 0 Å². The molecule has 0 aliphatic rings. The van der Waals surface area contributed by atoms with Crippen LogP contribution in [0.5, 0.6) is 0 Å². The highest BCUT2D eigenvalue weighted by molar-refractivity contribution is 4.82. The fraction of sp³-hybridized carbons (Fsp3) is 1.00. The molecular formula is C22H46. The molecule has 0 rings (SSSR count). The second-order valence-electron chi connectivity index (χ2n) is 8.73. The molecule has 134 valence electrons. The second kappa shape index (κ2) is 10.7. The van der Waals surface area contributed by atoms with Crippen molar-refractivity contribution in [2.75, 3.05) is 0 Å². The summed E-state index contributed by atoms with van der Waals surface area (Å²) in [4.78, 5) is 0. The predicted octanol–water partition coefficient (Wildman–Crippen LogP) is 7.68. The van der Waals surface area contributed by atoms with Gasteiger partial charge in [0.2, 0.25) is 0 Å². The van der Waals surface area contributed by atoms with E-state index in [1.165, 1.54) is 25.7 Å². The molecule has 0 saturated heterocycles. The Morgan fingerprint density at radius 3 is 1.50 bits per heavy atom. The largest absolute Gasteiger partial charge is 0.0654 e. The average Bonchev–Trinajstić information content (AvgIpc) is 2.51. The molecule has 0 fully saturated rings. The van der Waals surface area contributed by atoms with E-state index in [0.29, 0.717) is 0 Å². The average molecular weight is 311 g/mol. The lowest BCUT2D eigenvalue weighted by Gasteiger charge is -2.40. The maximum Gasteiger partial charge on any atom is -0.0358 e. The van der Waals surface area contributed by atoms with E-state index in [2.05, 4.69) is 69.2 Å². The summed E-state index contributed by atoms with van der Waals surface area (Å²) < 4.78 is 0. The van der Waals surface area contributed by atoms with Crippen molar-refractivity contribution in [3.63, 3.8) is 0 Å². The summed E-state index contributed by atoms with van der Waals surface area (Å²) in [6.45, 7) is 24.5. The van der Waals surface area contributed by atoms with Gasteiger partial charge in [0.05, 0.1) is 0 Å². The van der Waals surface area contributed by atoms with E-state index >= 15 is 0 Å². The summed E-state index contributed by atoms with van der Waals surface area (Å²) in [5, 5.41) is 0. The minimum atomic E-state index is 0.804. The van der Waals surface area contributed by atoms with Crippen LogP contribution in [0.1, 0.15) is 94.9 Å². The van der Waals surface area contributed by atoms with Gasteiger partial charge in [-0.15, -0.1) is 0 Å². The molecule has 0 aromatic heterocycles. The third-order valence-corrected chi connectivity index (χ3v) is 7.32. The summed E-state index contributed by atoms with van der Waals surface area (Å²) in [5.41, 5.74) is 0. The van der Waals surface area contributed by atoms with Crippen LogP contribution in [0, 0.1) is 47.3 Å². The Hall–Kier alpha value is 0. The standard InChI is InChI=1S/C22H46/c1-11-13-14-22(17(6)15(3)4)21(10)20(9)19(8)18(7)16(5)12-2/h15-22H,11-14H2,1-10H3. The van der Waals surface area contributed by atoms with Gasteiger partial charge in [0.25, 0.3) is 0 Å². The van der Waals surface area contributed by atoms with Gasteiger partial charge in [0.15, 0.2) is 0 Å². The van der Waals surface area contributed by atoms with Gasteiger partial charge in [-0.1, -0.05) is 88.5 Å². The first-order valence-corrected chi connectivity index (χ1v) is 10.2. The van der Waals surface area contributed by atoms with Gasteiger partial charge in [0.1, 0.15) is 0 Å². The van der Waals surface area contributed by atoms with Crippen LogP contribution in [0.3, 0.4) is 0 Å². The third-order valence-electron chi connectivity index (χ3n) is 7.32. The zero-order valence-electron chi connectivity index (χ0n) is 17.4. The monoisotopic (exact) mass is 310 g/mol. The van der Waals surface area contributed by atoms with Crippen LogP contribution in [0.15, 0.2) is 0 Å². The van der Waals surface area contributed by atoms with Gasteiger partial charge >= 0.3 is 0 Å². The summed E-state index contributed by atoms with van der Waals surface area (Å²) in [6, 6.07) is 0. The van der Waals surface area contributed by atoms with E-state index in [-0.39, 0.29) is 0 Å². The Morgan fingerprint density at radius 1 is 0.591 bits per heavy atom. The maximum atomic E-state index is 2.55. The lowest BCUT2D eigenvalue weighted by Crippen LogP contribution is -2.33. The number of hydrogen-bond acceptors (Lipinski definition) is 0. The van der Waals surface area contributed by atoms with Crippen molar-refractivity contribution >= 4 is 0 Å². The van der Waals surface area contributed by atoms with Crippen LogP contribution >= 0.6 is 0 Å². The van der Waals surface area contributed by atoms with Gasteiger partial charge in [0, 0.05) is 0 Å². The Labute approximate surface area is 142 Å². The SMILES string of the molecule is CCCCC(C(C)C(C)C)C(C)C(C)C(C)C(C)C(C)CC. The Kier molecular flexibility index (Phi) is 10.7. The molecule has 0 amide bonds. The van der Waals surface area contributed by atoms with Crippen molar-refractivity contribution in [2.24, 2.45) is 47.3 Å². The quantitative estimate of drug-likeness (QED) is 0.367. The molecule has 0 aliphatic carbocycles. The molecule has 0 nitrogen and oxygen atoms in total. The van der Waals surface area contributed by atoms with Crippen LogP contribution in [-0.2, 0) is 0 Å². The molecular weight excluding hydrogens is 264 g/mol. The molecule has 22 heavy (non-hydrogen) atoms. The van der Waals surface area contributed by atoms with Gasteiger partial charge in [-0.2, -0.15) is 0 Å². The lowest BCUT2D eigenvalue weighted by molar-refractivity contribution is 0.0888. The first-order chi connectivity index (χ1) is 10.2. The van der Waals surface area contributed by atoms with Crippen molar-refractivity contribution in [1.29, 1.82) is 0 Å². The normalized spacial score (nSPS) is 22.0. The van der Waals surface area contributed by atoms with E-state index in [4.69, 9.17) is 0 Å². The highest BCUT2D eigenvalue weighted by Crippen LogP contribution is 2.40. The molecule has 7 unspecified atom stereocenters. The fourth-order valence-corrected chi connectivity index (χ4v) is 4.18. The van der Waals surface area contributed by atoms with Crippen molar-refractivity contribution in [1.82, 2.24) is 0 Å². The topological polar surface area (TPSA) is 0 Å². The predicted molar refractivity (Wildman–Crippen MR) is 103 cm³/mol. The smallest absolute Gasteiger partial charge is 0.0358 e. The molecule has 0 saturated carbocycles. The van der Waals surface area contributed by atoms with Gasteiger partial charge in [-0.3, -0.25) is 0 Å². The van der Waals surface area contributed by atoms with Crippen LogP contribution in [-0.4, -0.2) is 0 Å². The Morgan fingerprint density at radius 2 is 1.09 bits per heavy atom. The summed E-state index contributed by atoms with van der Waals surface area (Å²) >= 11 is 0. The molecule has 7 atom stereocenters. The van der Waals surface area contributed by atoms with E-state index < -0.39 is 0 Å². The minimum absolute atomic E-state index is 0.804. The Balaban J connectivity index is 4.98. The molecule has 0 aromatic carbocycles. The van der Waals surface area contributed by atoms with Crippen LogP contribution < -0.4 is 0 Å². The van der Waals surface area contributed by atoms with Crippen molar-refractivity contribution in [3.8, 4) is 0 Å². The minimum Gasteiger partial charge on any atom is -0.0654 e. The molecule has 0 aromatic rings. The number of unbranched alkanes of at least 4 members (excludes halogenated alkanes) is 1. The molecule has 0 heterocycles. The number of hydrogen-bond donors (Lipinski definition) is 0. The second-order valence-corrected chi connectivity index (χ2v) is 8.73. The van der Waals surface area contributed by atoms with Crippen molar-refractivity contribution in [3.05, 3.63) is 0 Å². The lowest BCUT2D eigenvalue weighted by atomic mass is 9.65. The summed E-state index contributed by atoms with van der Waals surface area (Å²) in [7, 11) is 0. The van der Waals surface area contributed by atoms with Crippen molar-refractivity contribution < 1.29 is 0 Å². The molecule has 0 N–H and O–H groups in total. The summed E-state index contributed by atoms with van der Waals surface area (Å²) in [6.07, 6.45) is 5.47. The highest BCUT2D eigenvalue weighted by atomic mass is 14.4. The van der Waals surface area contributed by atoms with Gasteiger partial charge in [-0.25, -0.2) is 0 Å². The first-order valence-electron chi connectivity index (χ1n) is 10.2. The van der Waals surface area contributed by atoms with Crippen molar-refractivity contribution in [2.45, 2.75) is 94.9 Å². The Bertz CT molecular complexity index is 267. The van der Waals surface area contributed by atoms with Crippen LogP contribution in [0.2, 0.25) is 0 Å². The van der Waals surface area contributed by atoms with Gasteiger partial charge in [-0.05, 0) is 53.8 Å². The third kappa shape index (κ3) is 6.25. The molecule has 0 spiro atoms. The molecule has 0 radical (unpaired) electrons. The van der Waals surface area contributed by atoms with Crippen LogP contribution in [0.25, 0.3) is 0 Å². The summed E-state index contributed by atoms with van der Waals surface area (Å²) in [5.74, 6) is 6.71. The molecule has 0 aliphatic heterocycles. The maximum absolute atomic E-state index is 2.55. The zero-order valence-corrected chi connectivity index (χ0v) is 17.4. The highest BCUT2D eigenvalue weighted by Gasteiger charge is 2.33. The van der Waals surface area contributed by atoms with E-state index in [1.54, 1.807) is 0 Å². The zero-order chi connectivity index (χ0) is 17.4. The first kappa shape index (κ1) is 22.0. The molecule has 0 heteroatoms. The van der Waals surface area contributed by atoms with E-state index in [9.17, 15) is 0 Å².